The van der Waals surface area contributed by atoms with Crippen LogP contribution in [0.25, 0.3) is 0 Å². The number of ether oxygens (including phenoxy) is 2. The van der Waals surface area contributed by atoms with Crippen molar-refractivity contribution in [2.24, 2.45) is 0 Å². The Labute approximate surface area is 310 Å². The minimum absolute atomic E-state index is 0.0232. The van der Waals surface area contributed by atoms with Crippen LogP contribution in [0.2, 0.25) is 0 Å². The predicted molar refractivity (Wildman–Crippen MR) is 184 cm³/mol. The minimum Gasteiger partial charge on any atom is -0.382 e. The number of benzene rings is 2. The van der Waals surface area contributed by atoms with E-state index in [-0.39, 0.29) is 74.4 Å². The van der Waals surface area contributed by atoms with Gasteiger partial charge >= 0.3 is 6.18 Å². The van der Waals surface area contributed by atoms with E-state index in [1.165, 1.54) is 27.8 Å². The topological polar surface area (TPSA) is 192 Å². The highest BCUT2D eigenvalue weighted by Crippen LogP contribution is 2.38. The van der Waals surface area contributed by atoms with Gasteiger partial charge in [0.25, 0.3) is 17.7 Å². The zero-order chi connectivity index (χ0) is 38.9. The number of rotatable bonds is 13. The molecule has 0 saturated carbocycles. The third-order valence-electron chi connectivity index (χ3n) is 9.03. The van der Waals surface area contributed by atoms with Gasteiger partial charge in [0.15, 0.2) is 5.11 Å². The molecule has 3 aromatic rings. The summed E-state index contributed by atoms with van der Waals surface area (Å²) in [5, 5.41) is 22.5. The van der Waals surface area contributed by atoms with Gasteiger partial charge in [0.05, 0.1) is 66.6 Å². The third kappa shape index (κ3) is 7.24. The van der Waals surface area contributed by atoms with Crippen LogP contribution >= 0.6 is 12.2 Å². The van der Waals surface area contributed by atoms with Crippen LogP contribution in [-0.2, 0) is 43.3 Å². The van der Waals surface area contributed by atoms with Crippen molar-refractivity contribution < 1.29 is 46.6 Å². The first-order chi connectivity index (χ1) is 25.6. The molecule has 0 spiro atoms. The number of nitriles is 1. The third-order valence-corrected chi connectivity index (χ3v) is 9.44. The van der Waals surface area contributed by atoms with E-state index in [0.29, 0.717) is 11.4 Å². The zero-order valence-corrected chi connectivity index (χ0v) is 29.6. The van der Waals surface area contributed by atoms with E-state index in [4.69, 9.17) is 27.0 Å². The quantitative estimate of drug-likeness (QED) is 0.147. The molecule has 6 rings (SSSR count). The van der Waals surface area contributed by atoms with Crippen molar-refractivity contribution in [3.8, 4) is 6.07 Å². The Morgan fingerprint density at radius 2 is 1.83 bits per heavy atom. The number of fused-ring (bicyclic) bond motifs is 1. The molecule has 282 valence electrons. The summed E-state index contributed by atoms with van der Waals surface area (Å²) in [5.74, 6) is -2.92. The molecule has 2 saturated heterocycles. The molecule has 2 fully saturated rings. The van der Waals surface area contributed by atoms with E-state index >= 15 is 0 Å². The van der Waals surface area contributed by atoms with E-state index in [9.17, 15) is 37.1 Å². The summed E-state index contributed by atoms with van der Waals surface area (Å²) in [5.41, 5.74) is -1.95. The van der Waals surface area contributed by atoms with E-state index in [1.54, 1.807) is 32.2 Å². The number of amides is 5. The number of imide groups is 2. The van der Waals surface area contributed by atoms with Crippen molar-refractivity contribution in [1.82, 2.24) is 30.1 Å². The first-order valence-electron chi connectivity index (χ1n) is 16.5. The minimum atomic E-state index is -4.81. The SMILES string of the molecule is CC1(C)C(=O)N(c2ccc(C#N)c(C(F)(F)F)c2)C(=S)N1Cn1cc(COCCOCCNc2cccc3c2C(=O)N(C2CCC(=O)NC2=O)C3=O)nn1. The number of nitrogens with one attached hydrogen (secondary N) is 2. The second-order valence-corrected chi connectivity index (χ2v) is 13.3. The fourth-order valence-corrected chi connectivity index (χ4v) is 6.71. The van der Waals surface area contributed by atoms with Crippen LogP contribution in [-0.4, -0.2) is 97.4 Å². The molecule has 54 heavy (non-hydrogen) atoms. The van der Waals surface area contributed by atoms with Gasteiger partial charge in [0.1, 0.15) is 23.9 Å². The molecular formula is C34H32F3N9O7S. The van der Waals surface area contributed by atoms with E-state index < -0.39 is 58.4 Å². The van der Waals surface area contributed by atoms with Crippen molar-refractivity contribution in [2.45, 2.75) is 57.7 Å². The Morgan fingerprint density at radius 3 is 2.56 bits per heavy atom. The molecule has 5 amide bonds. The number of hydrogen-bond acceptors (Lipinski definition) is 12. The lowest BCUT2D eigenvalue weighted by atomic mass is 10.0. The Balaban J connectivity index is 0.954. The Morgan fingerprint density at radius 1 is 1.07 bits per heavy atom. The smallest absolute Gasteiger partial charge is 0.382 e. The Kier molecular flexibility index (Phi) is 10.5. The number of nitrogens with zero attached hydrogens (tertiary/aromatic N) is 7. The van der Waals surface area contributed by atoms with Crippen molar-refractivity contribution in [3.05, 3.63) is 70.5 Å². The van der Waals surface area contributed by atoms with Crippen LogP contribution in [0.15, 0.2) is 42.6 Å². The number of carbonyl (C=O) groups excluding carboxylic acids is 5. The van der Waals surface area contributed by atoms with Crippen LogP contribution < -0.4 is 15.5 Å². The fourth-order valence-electron chi connectivity index (χ4n) is 6.24. The highest BCUT2D eigenvalue weighted by atomic mass is 32.1. The Hall–Kier alpha value is -5.78. The number of aromatic nitrogens is 3. The largest absolute Gasteiger partial charge is 0.417 e. The number of piperidine rings is 1. The average Bonchev–Trinajstić information content (AvgIpc) is 3.73. The number of thiocarbonyl (C=S) groups is 1. The van der Waals surface area contributed by atoms with Gasteiger partial charge in [-0.15, -0.1) is 5.10 Å². The van der Waals surface area contributed by atoms with Crippen molar-refractivity contribution in [2.75, 3.05) is 36.6 Å². The van der Waals surface area contributed by atoms with Gasteiger partial charge in [-0.1, -0.05) is 11.3 Å². The van der Waals surface area contributed by atoms with Gasteiger partial charge in [0.2, 0.25) is 11.8 Å². The van der Waals surface area contributed by atoms with Gasteiger partial charge in [0, 0.05) is 18.7 Å². The molecule has 4 heterocycles. The van der Waals surface area contributed by atoms with Gasteiger partial charge in [-0.05, 0) is 62.8 Å². The van der Waals surface area contributed by atoms with Gasteiger partial charge < -0.3 is 19.7 Å². The highest BCUT2D eigenvalue weighted by molar-refractivity contribution is 7.80. The molecule has 1 aromatic heterocycles. The lowest BCUT2D eigenvalue weighted by molar-refractivity contribution is -0.138. The zero-order valence-electron chi connectivity index (χ0n) is 28.8. The normalized spacial score (nSPS) is 18.4. The maximum atomic E-state index is 13.6. The van der Waals surface area contributed by atoms with Crippen LogP contribution in [0.5, 0.6) is 0 Å². The van der Waals surface area contributed by atoms with Crippen molar-refractivity contribution in [1.29, 1.82) is 5.26 Å². The molecule has 0 aliphatic carbocycles. The first kappa shape index (κ1) is 38.0. The number of hydrogen-bond donors (Lipinski definition) is 2. The van der Waals surface area contributed by atoms with Crippen LogP contribution in [0, 0.1) is 11.3 Å². The summed E-state index contributed by atoms with van der Waals surface area (Å²) in [6.45, 7) is 4.11. The lowest BCUT2D eigenvalue weighted by Crippen LogP contribution is -2.54. The molecule has 3 aliphatic heterocycles. The number of halogens is 3. The molecule has 0 radical (unpaired) electrons. The van der Waals surface area contributed by atoms with Crippen LogP contribution in [0.1, 0.15) is 64.2 Å². The molecular weight excluding hydrogens is 735 g/mol. The van der Waals surface area contributed by atoms with Gasteiger partial charge in [-0.25, -0.2) is 4.68 Å². The summed E-state index contributed by atoms with van der Waals surface area (Å²) in [7, 11) is 0. The number of anilines is 2. The summed E-state index contributed by atoms with van der Waals surface area (Å²) in [4.78, 5) is 66.9. The van der Waals surface area contributed by atoms with Crippen molar-refractivity contribution in [3.63, 3.8) is 0 Å². The molecule has 0 bridgehead atoms. The summed E-state index contributed by atoms with van der Waals surface area (Å²) < 4.78 is 53.5. The second kappa shape index (κ2) is 14.9. The molecule has 1 atom stereocenters. The molecule has 2 N–H and O–H groups in total. The maximum absolute atomic E-state index is 13.6. The highest BCUT2D eigenvalue weighted by Gasteiger charge is 2.50. The maximum Gasteiger partial charge on any atom is 0.417 e. The summed E-state index contributed by atoms with van der Waals surface area (Å²) in [6.07, 6.45) is -3.16. The van der Waals surface area contributed by atoms with E-state index in [1.807, 2.05) is 0 Å². The van der Waals surface area contributed by atoms with Gasteiger partial charge in [-0.2, -0.15) is 18.4 Å². The van der Waals surface area contributed by atoms with Crippen molar-refractivity contribution >= 4 is 58.2 Å². The Bertz CT molecular complexity index is 2100. The fraction of sp³-hybridized carbons (Fsp3) is 0.382. The number of alkyl halides is 3. The summed E-state index contributed by atoms with van der Waals surface area (Å²) in [6, 6.07) is 8.19. The van der Waals surface area contributed by atoms with Crippen LogP contribution in [0.3, 0.4) is 0 Å². The van der Waals surface area contributed by atoms with E-state index in [2.05, 4.69) is 20.9 Å². The first-order valence-corrected chi connectivity index (χ1v) is 16.9. The number of carbonyl (C=O) groups is 5. The van der Waals surface area contributed by atoms with Gasteiger partial charge in [-0.3, -0.25) is 39.1 Å². The standard InChI is InChI=1S/C34H32F3N9O7S/c1-33(2)31(51)45(21-7-6-19(15-38)23(14-21)34(35,36)37)32(54)44(33)18-43-16-20(41-42-43)17-53-13-12-52-11-10-39-24-5-3-4-22-27(24)30(50)46(29(22)49)25-8-9-26(47)40-28(25)48/h3-7,14,16,25,39H,8-13,17-18H2,1-2H3,(H,40,47,48). The molecule has 20 heteroatoms. The average molecular weight is 768 g/mol. The lowest BCUT2D eigenvalue weighted by Gasteiger charge is -2.28. The molecule has 1 unspecified atom stereocenters. The van der Waals surface area contributed by atoms with E-state index in [0.717, 1.165) is 21.9 Å². The predicted octanol–water partition coefficient (Wildman–Crippen LogP) is 2.58. The second-order valence-electron chi connectivity index (χ2n) is 12.9. The summed E-state index contributed by atoms with van der Waals surface area (Å²) >= 11 is 5.53. The monoisotopic (exact) mass is 767 g/mol. The molecule has 16 nitrogen and oxygen atoms in total. The van der Waals surface area contributed by atoms with Crippen LogP contribution in [0.4, 0.5) is 24.5 Å². The molecule has 3 aliphatic rings. The molecule has 2 aromatic carbocycles.